The van der Waals surface area contributed by atoms with E-state index in [9.17, 15) is 4.79 Å². The van der Waals surface area contributed by atoms with Gasteiger partial charge in [0.1, 0.15) is 11.4 Å². The Morgan fingerprint density at radius 1 is 1.16 bits per heavy atom. The maximum absolute atomic E-state index is 11.9. The van der Waals surface area contributed by atoms with Crippen molar-refractivity contribution >= 4 is 22.7 Å². The Morgan fingerprint density at radius 3 is 2.56 bits per heavy atom. The van der Waals surface area contributed by atoms with Gasteiger partial charge in [0.05, 0.1) is 0 Å². The number of aryl methyl sites for hydroxylation is 1. The van der Waals surface area contributed by atoms with Gasteiger partial charge in [0.2, 0.25) is 5.16 Å². The van der Waals surface area contributed by atoms with Crippen LogP contribution in [0.4, 0.5) is 0 Å². The second-order valence-electron chi connectivity index (χ2n) is 6.90. The minimum Gasteiger partial charge on any atom is -0.423 e. The molecular weight excluding hydrogens is 334 g/mol. The summed E-state index contributed by atoms with van der Waals surface area (Å²) in [5.41, 5.74) is 3.69. The standard InChI is InChI=1S/C19H23N3O2S/c1-10(2)14-8-15-13(7-17(23)24-16(15)6-12(14)5)9-25-19-20-18(11(3)4)21-22-19/h6-8,10-11H,9H2,1-5H3,(H,20,21,22). The molecule has 2 heterocycles. The Kier molecular flexibility index (Phi) is 4.99. The summed E-state index contributed by atoms with van der Waals surface area (Å²) < 4.78 is 5.40. The second kappa shape index (κ2) is 7.04. The molecule has 2 aromatic heterocycles. The molecule has 0 bridgehead atoms. The molecule has 1 aromatic carbocycles. The Hall–Kier alpha value is -2.08. The van der Waals surface area contributed by atoms with Crippen molar-refractivity contribution in [1.29, 1.82) is 0 Å². The van der Waals surface area contributed by atoms with Crippen LogP contribution in [0.25, 0.3) is 11.0 Å². The third kappa shape index (κ3) is 3.79. The van der Waals surface area contributed by atoms with E-state index in [0.717, 1.165) is 22.3 Å². The van der Waals surface area contributed by atoms with Gasteiger partial charge in [0.15, 0.2) is 0 Å². The van der Waals surface area contributed by atoms with E-state index in [-0.39, 0.29) is 5.63 Å². The molecule has 3 rings (SSSR count). The lowest BCUT2D eigenvalue weighted by molar-refractivity contribution is 0.559. The van der Waals surface area contributed by atoms with Crippen LogP contribution in [-0.2, 0) is 5.75 Å². The first-order chi connectivity index (χ1) is 11.8. The first-order valence-electron chi connectivity index (χ1n) is 8.47. The second-order valence-corrected chi connectivity index (χ2v) is 7.84. The molecule has 132 valence electrons. The van der Waals surface area contributed by atoms with Gasteiger partial charge in [-0.1, -0.05) is 39.5 Å². The largest absolute Gasteiger partial charge is 0.423 e. The molecule has 6 heteroatoms. The predicted molar refractivity (Wildman–Crippen MR) is 101 cm³/mol. The zero-order chi connectivity index (χ0) is 18.1. The molecule has 0 atom stereocenters. The van der Waals surface area contributed by atoms with E-state index >= 15 is 0 Å². The highest BCUT2D eigenvalue weighted by molar-refractivity contribution is 7.98. The fourth-order valence-electron chi connectivity index (χ4n) is 2.86. The fraction of sp³-hybridized carbons (Fsp3) is 0.421. The molecule has 5 nitrogen and oxygen atoms in total. The topological polar surface area (TPSA) is 71.8 Å². The quantitative estimate of drug-likeness (QED) is 0.526. The van der Waals surface area contributed by atoms with Crippen molar-refractivity contribution in [1.82, 2.24) is 15.2 Å². The first-order valence-corrected chi connectivity index (χ1v) is 9.46. The molecule has 0 saturated carbocycles. The smallest absolute Gasteiger partial charge is 0.336 e. The van der Waals surface area contributed by atoms with E-state index in [0.29, 0.717) is 28.3 Å². The predicted octanol–water partition coefficient (Wildman–Crippen LogP) is 4.76. The van der Waals surface area contributed by atoms with Gasteiger partial charge in [-0.25, -0.2) is 9.78 Å². The van der Waals surface area contributed by atoms with Crippen molar-refractivity contribution in [2.75, 3.05) is 0 Å². The molecule has 25 heavy (non-hydrogen) atoms. The Balaban J connectivity index is 1.96. The number of benzene rings is 1. The molecule has 0 spiro atoms. The molecule has 0 aliphatic rings. The first kappa shape index (κ1) is 17.7. The number of nitrogens with zero attached hydrogens (tertiary/aromatic N) is 2. The van der Waals surface area contributed by atoms with Crippen LogP contribution in [0.15, 0.2) is 32.6 Å². The van der Waals surface area contributed by atoms with Crippen molar-refractivity contribution < 1.29 is 4.42 Å². The van der Waals surface area contributed by atoms with Gasteiger partial charge in [0.25, 0.3) is 0 Å². The highest BCUT2D eigenvalue weighted by Crippen LogP contribution is 2.29. The number of aromatic amines is 1. The van der Waals surface area contributed by atoms with Gasteiger partial charge in [0, 0.05) is 23.1 Å². The highest BCUT2D eigenvalue weighted by atomic mass is 32.2. The van der Waals surface area contributed by atoms with E-state index < -0.39 is 0 Å². The van der Waals surface area contributed by atoms with Crippen LogP contribution >= 0.6 is 11.8 Å². The molecule has 0 aliphatic carbocycles. The van der Waals surface area contributed by atoms with Crippen molar-refractivity contribution in [2.24, 2.45) is 0 Å². The molecular formula is C19H23N3O2S. The Morgan fingerprint density at radius 2 is 1.92 bits per heavy atom. The van der Waals surface area contributed by atoms with Crippen LogP contribution in [0.5, 0.6) is 0 Å². The van der Waals surface area contributed by atoms with Crippen LogP contribution < -0.4 is 5.63 Å². The van der Waals surface area contributed by atoms with Crippen molar-refractivity contribution in [3.8, 4) is 0 Å². The van der Waals surface area contributed by atoms with Crippen LogP contribution in [-0.4, -0.2) is 15.2 Å². The maximum Gasteiger partial charge on any atom is 0.336 e. The summed E-state index contributed by atoms with van der Waals surface area (Å²) in [4.78, 5) is 16.4. The number of H-pyrrole nitrogens is 1. The van der Waals surface area contributed by atoms with E-state index in [1.54, 1.807) is 6.07 Å². The lowest BCUT2D eigenvalue weighted by atomic mass is 9.95. The van der Waals surface area contributed by atoms with Crippen LogP contribution in [0.2, 0.25) is 0 Å². The summed E-state index contributed by atoms with van der Waals surface area (Å²) in [5, 5.41) is 8.88. The number of fused-ring (bicyclic) bond motifs is 1. The van der Waals surface area contributed by atoms with Crippen molar-refractivity contribution in [3.63, 3.8) is 0 Å². The van der Waals surface area contributed by atoms with Crippen molar-refractivity contribution in [2.45, 2.75) is 57.4 Å². The summed E-state index contributed by atoms with van der Waals surface area (Å²) in [6.07, 6.45) is 0. The van der Waals surface area contributed by atoms with E-state index in [4.69, 9.17) is 4.42 Å². The van der Waals surface area contributed by atoms with Gasteiger partial charge in [-0.3, -0.25) is 5.10 Å². The zero-order valence-corrected chi connectivity index (χ0v) is 16.0. The van der Waals surface area contributed by atoms with Gasteiger partial charge in [-0.15, -0.1) is 5.10 Å². The molecule has 0 aliphatic heterocycles. The molecule has 0 unspecified atom stereocenters. The summed E-state index contributed by atoms with van der Waals surface area (Å²) in [7, 11) is 0. The molecule has 1 N–H and O–H groups in total. The minimum atomic E-state index is -0.322. The van der Waals surface area contributed by atoms with Gasteiger partial charge in [-0.05, 0) is 41.7 Å². The number of hydrogen-bond acceptors (Lipinski definition) is 5. The fourth-order valence-corrected chi connectivity index (χ4v) is 3.65. The number of hydrogen-bond donors (Lipinski definition) is 1. The normalized spacial score (nSPS) is 11.8. The lowest BCUT2D eigenvalue weighted by Crippen LogP contribution is -2.02. The highest BCUT2D eigenvalue weighted by Gasteiger charge is 2.13. The number of thioether (sulfide) groups is 1. The SMILES string of the molecule is Cc1cc2oc(=O)cc(CSc3n[nH]c(C(C)C)n3)c2cc1C(C)C. The molecule has 0 saturated heterocycles. The van der Waals surface area contributed by atoms with Crippen molar-refractivity contribution in [3.05, 3.63) is 51.1 Å². The summed E-state index contributed by atoms with van der Waals surface area (Å²) in [6, 6.07) is 5.68. The lowest BCUT2D eigenvalue weighted by Gasteiger charge is -2.12. The maximum atomic E-state index is 11.9. The minimum absolute atomic E-state index is 0.308. The van der Waals surface area contributed by atoms with Crippen LogP contribution in [0.1, 0.15) is 62.0 Å². The average Bonchev–Trinajstić information content (AvgIpc) is 3.00. The Labute approximate surface area is 151 Å². The Bertz CT molecular complexity index is 957. The van der Waals surface area contributed by atoms with E-state index in [1.807, 2.05) is 6.07 Å². The van der Waals surface area contributed by atoms with Crippen LogP contribution in [0, 0.1) is 6.92 Å². The van der Waals surface area contributed by atoms with Gasteiger partial charge in [-0.2, -0.15) is 0 Å². The van der Waals surface area contributed by atoms with E-state index in [2.05, 4.69) is 55.9 Å². The average molecular weight is 357 g/mol. The van der Waals surface area contributed by atoms with E-state index in [1.165, 1.54) is 17.3 Å². The number of nitrogens with one attached hydrogen (secondary N) is 1. The molecule has 0 amide bonds. The third-order valence-electron chi connectivity index (χ3n) is 4.22. The van der Waals surface area contributed by atoms with Gasteiger partial charge >= 0.3 is 5.63 Å². The number of rotatable bonds is 5. The molecule has 0 radical (unpaired) electrons. The third-order valence-corrected chi connectivity index (χ3v) is 5.12. The zero-order valence-electron chi connectivity index (χ0n) is 15.2. The van der Waals surface area contributed by atoms with Crippen LogP contribution in [0.3, 0.4) is 0 Å². The monoisotopic (exact) mass is 357 g/mol. The number of aromatic nitrogens is 3. The summed E-state index contributed by atoms with van der Waals surface area (Å²) >= 11 is 1.52. The summed E-state index contributed by atoms with van der Waals surface area (Å²) in [6.45, 7) is 10.5. The molecule has 3 aromatic rings. The van der Waals surface area contributed by atoms with Gasteiger partial charge < -0.3 is 4.42 Å². The molecule has 0 fully saturated rings. The summed E-state index contributed by atoms with van der Waals surface area (Å²) in [5.74, 6) is 2.22.